The molecule has 0 aliphatic carbocycles. The van der Waals surface area contributed by atoms with Crippen molar-refractivity contribution in [3.8, 4) is 0 Å². The Kier molecular flexibility index (Phi) is 4.41. The van der Waals surface area contributed by atoms with Crippen molar-refractivity contribution in [2.24, 2.45) is 0 Å². The van der Waals surface area contributed by atoms with E-state index in [9.17, 15) is 4.79 Å². The van der Waals surface area contributed by atoms with Gasteiger partial charge < -0.3 is 23.4 Å². The first-order valence-corrected chi connectivity index (χ1v) is 10.5. The number of hydrogen-bond acceptors (Lipinski definition) is 5. The largest absolute Gasteiger partial charge is 0.390 e. The SMILES string of the molecule is CC1(C)O[C@@H]2[C@@H](O[Si](C)(C)C(C)(C)C)O[C@@H](CC=O)[C@@H]2O1. The molecule has 2 aliphatic heterocycles. The lowest BCUT2D eigenvalue weighted by Gasteiger charge is -2.39. The molecule has 0 amide bonds. The quantitative estimate of drug-likeness (QED) is 0.589. The van der Waals surface area contributed by atoms with Crippen molar-refractivity contribution >= 4 is 14.6 Å². The lowest BCUT2D eigenvalue weighted by atomic mass is 10.1. The van der Waals surface area contributed by atoms with E-state index in [0.717, 1.165) is 6.29 Å². The van der Waals surface area contributed by atoms with Crippen molar-refractivity contribution < 1.29 is 23.4 Å². The third-order valence-corrected chi connectivity index (χ3v) is 9.09. The lowest BCUT2D eigenvalue weighted by molar-refractivity contribution is -0.216. The zero-order valence-corrected chi connectivity index (χ0v) is 15.1. The third kappa shape index (κ3) is 3.40. The van der Waals surface area contributed by atoms with Crippen molar-refractivity contribution in [1.82, 2.24) is 0 Å². The molecular formula is C15H28O5Si. The summed E-state index contributed by atoms with van der Waals surface area (Å²) in [4.78, 5) is 10.9. The molecule has 0 radical (unpaired) electrons. The maximum absolute atomic E-state index is 10.9. The third-order valence-electron chi connectivity index (χ3n) is 4.65. The van der Waals surface area contributed by atoms with Crippen molar-refractivity contribution in [2.45, 2.75) is 89.6 Å². The molecule has 2 rings (SSSR count). The Morgan fingerprint density at radius 2 is 1.76 bits per heavy atom. The predicted molar refractivity (Wildman–Crippen MR) is 81.4 cm³/mol. The number of fused-ring (bicyclic) bond motifs is 1. The molecular weight excluding hydrogens is 288 g/mol. The van der Waals surface area contributed by atoms with Gasteiger partial charge in [0.05, 0.1) is 6.10 Å². The van der Waals surface area contributed by atoms with E-state index in [4.69, 9.17) is 18.6 Å². The van der Waals surface area contributed by atoms with Crippen LogP contribution < -0.4 is 0 Å². The summed E-state index contributed by atoms with van der Waals surface area (Å²) < 4.78 is 24.1. The minimum atomic E-state index is -1.98. The Hall–Kier alpha value is -0.273. The van der Waals surface area contributed by atoms with E-state index in [1.807, 2.05) is 13.8 Å². The highest BCUT2D eigenvalue weighted by atomic mass is 28.4. The van der Waals surface area contributed by atoms with E-state index in [1.165, 1.54) is 0 Å². The molecule has 0 unspecified atom stereocenters. The summed E-state index contributed by atoms with van der Waals surface area (Å²) in [6.07, 6.45) is -0.0750. The van der Waals surface area contributed by atoms with Crippen LogP contribution in [0.5, 0.6) is 0 Å². The monoisotopic (exact) mass is 316 g/mol. The molecule has 0 bridgehead atoms. The van der Waals surface area contributed by atoms with Gasteiger partial charge in [0.2, 0.25) is 0 Å². The van der Waals surface area contributed by atoms with Crippen LogP contribution in [0.2, 0.25) is 18.1 Å². The van der Waals surface area contributed by atoms with Gasteiger partial charge in [-0.1, -0.05) is 20.8 Å². The van der Waals surface area contributed by atoms with Crippen molar-refractivity contribution in [3.63, 3.8) is 0 Å². The van der Waals surface area contributed by atoms with Crippen LogP contribution in [-0.4, -0.2) is 45.0 Å². The van der Waals surface area contributed by atoms with Crippen LogP contribution in [0.3, 0.4) is 0 Å². The van der Waals surface area contributed by atoms with Gasteiger partial charge in [-0.25, -0.2) is 0 Å². The van der Waals surface area contributed by atoms with Gasteiger partial charge in [-0.05, 0) is 32.0 Å². The summed E-state index contributed by atoms with van der Waals surface area (Å²) in [5.41, 5.74) is 0. The van der Waals surface area contributed by atoms with Gasteiger partial charge >= 0.3 is 0 Å². The smallest absolute Gasteiger partial charge is 0.195 e. The fraction of sp³-hybridized carbons (Fsp3) is 0.933. The number of carbonyl (C=O) groups excluding carboxylic acids is 1. The van der Waals surface area contributed by atoms with Gasteiger partial charge in [0.15, 0.2) is 20.4 Å². The Morgan fingerprint density at radius 3 is 2.29 bits per heavy atom. The molecule has 2 heterocycles. The molecule has 5 nitrogen and oxygen atoms in total. The highest BCUT2D eigenvalue weighted by Gasteiger charge is 2.57. The van der Waals surface area contributed by atoms with Crippen LogP contribution in [0.15, 0.2) is 0 Å². The van der Waals surface area contributed by atoms with Gasteiger partial charge in [-0.2, -0.15) is 0 Å². The van der Waals surface area contributed by atoms with Gasteiger partial charge in [0.25, 0.3) is 0 Å². The van der Waals surface area contributed by atoms with E-state index in [0.29, 0.717) is 6.42 Å². The molecule has 0 N–H and O–H groups in total. The molecule has 4 atom stereocenters. The first-order valence-electron chi connectivity index (χ1n) is 7.59. The molecule has 122 valence electrons. The number of aldehydes is 1. The number of hydrogen-bond donors (Lipinski definition) is 0. The molecule has 0 spiro atoms. The fourth-order valence-corrected chi connectivity index (χ4v) is 3.61. The molecule has 6 heteroatoms. The van der Waals surface area contributed by atoms with Crippen molar-refractivity contribution in [1.29, 1.82) is 0 Å². The zero-order chi connectivity index (χ0) is 16.1. The first-order chi connectivity index (χ1) is 9.47. The van der Waals surface area contributed by atoms with Crippen LogP contribution in [0.1, 0.15) is 41.0 Å². The molecule has 2 saturated heterocycles. The number of ether oxygens (including phenoxy) is 3. The molecule has 2 aliphatic rings. The van der Waals surface area contributed by atoms with Crippen LogP contribution in [0, 0.1) is 0 Å². The first kappa shape index (κ1) is 17.1. The summed E-state index contributed by atoms with van der Waals surface area (Å²) in [6, 6.07) is 0. The summed E-state index contributed by atoms with van der Waals surface area (Å²) in [5, 5.41) is 0.0869. The standard InChI is InChI=1S/C15H28O5Si/c1-14(2,3)21(6,7)20-13-12-11(10(17-13)8-9-16)18-15(4,5)19-12/h9-13H,8H2,1-7H3/t10-,11-,12-,13+/m0/s1. The second kappa shape index (κ2) is 5.42. The Labute approximate surface area is 128 Å². The Bertz CT molecular complexity index is 401. The molecule has 2 fully saturated rings. The highest BCUT2D eigenvalue weighted by Crippen LogP contribution is 2.44. The molecule has 21 heavy (non-hydrogen) atoms. The highest BCUT2D eigenvalue weighted by molar-refractivity contribution is 6.74. The van der Waals surface area contributed by atoms with Crippen molar-refractivity contribution in [2.75, 3.05) is 0 Å². The Morgan fingerprint density at radius 1 is 1.19 bits per heavy atom. The van der Waals surface area contributed by atoms with Crippen LogP contribution in [0.25, 0.3) is 0 Å². The fourth-order valence-electron chi connectivity index (χ4n) is 2.49. The maximum atomic E-state index is 10.9. The number of rotatable bonds is 4. The van der Waals surface area contributed by atoms with E-state index in [1.54, 1.807) is 0 Å². The van der Waals surface area contributed by atoms with Gasteiger partial charge in [0, 0.05) is 6.42 Å². The second-order valence-corrected chi connectivity index (χ2v) is 12.6. The minimum Gasteiger partial charge on any atom is -0.390 e. The van der Waals surface area contributed by atoms with E-state index in [2.05, 4.69) is 33.9 Å². The number of carbonyl (C=O) groups is 1. The zero-order valence-electron chi connectivity index (χ0n) is 14.1. The van der Waals surface area contributed by atoms with E-state index >= 15 is 0 Å². The van der Waals surface area contributed by atoms with Crippen LogP contribution in [0.4, 0.5) is 0 Å². The molecule has 0 aromatic heterocycles. The second-order valence-electron chi connectivity index (χ2n) is 7.89. The van der Waals surface area contributed by atoms with E-state index < -0.39 is 20.4 Å². The predicted octanol–water partition coefficient (Wildman–Crippen LogP) is 2.84. The van der Waals surface area contributed by atoms with Crippen LogP contribution >= 0.6 is 0 Å². The van der Waals surface area contributed by atoms with Gasteiger partial charge in [-0.15, -0.1) is 0 Å². The molecule has 0 saturated carbocycles. The maximum Gasteiger partial charge on any atom is 0.195 e. The summed E-state index contributed by atoms with van der Waals surface area (Å²) >= 11 is 0. The van der Waals surface area contributed by atoms with Crippen molar-refractivity contribution in [3.05, 3.63) is 0 Å². The van der Waals surface area contributed by atoms with Gasteiger partial charge in [-0.3, -0.25) is 0 Å². The summed E-state index contributed by atoms with van der Waals surface area (Å²) in [6.45, 7) is 14.7. The van der Waals surface area contributed by atoms with Gasteiger partial charge in [0.1, 0.15) is 18.5 Å². The normalized spacial score (nSPS) is 35.8. The lowest BCUT2D eigenvalue weighted by Crippen LogP contribution is -2.47. The average Bonchev–Trinajstić information content (AvgIpc) is 2.74. The van der Waals surface area contributed by atoms with Crippen LogP contribution in [-0.2, 0) is 23.4 Å². The molecule has 0 aromatic rings. The topological polar surface area (TPSA) is 54.0 Å². The summed E-state index contributed by atoms with van der Waals surface area (Å²) in [5.74, 6) is -0.657. The minimum absolute atomic E-state index is 0.0869. The average molecular weight is 316 g/mol. The van der Waals surface area contributed by atoms with E-state index in [-0.39, 0.29) is 23.4 Å². The summed E-state index contributed by atoms with van der Waals surface area (Å²) in [7, 11) is -1.98. The molecule has 0 aromatic carbocycles. The Balaban J connectivity index is 2.15.